The summed E-state index contributed by atoms with van der Waals surface area (Å²) >= 11 is 0. The van der Waals surface area contributed by atoms with E-state index in [0.29, 0.717) is 0 Å². The van der Waals surface area contributed by atoms with Crippen LogP contribution in [-0.2, 0) is 0 Å². The van der Waals surface area contributed by atoms with Crippen molar-refractivity contribution in [3.63, 3.8) is 0 Å². The molecule has 4 nitrogen and oxygen atoms in total. The summed E-state index contributed by atoms with van der Waals surface area (Å²) in [6, 6.07) is 44.0. The third-order valence-corrected chi connectivity index (χ3v) is 8.97. The lowest BCUT2D eigenvalue weighted by atomic mass is 9.84. The first-order valence-electron chi connectivity index (χ1n) is 14.6. The van der Waals surface area contributed by atoms with E-state index in [1.54, 1.807) is 0 Å². The van der Waals surface area contributed by atoms with Gasteiger partial charge in [0.05, 0.1) is 35.4 Å². The Labute approximate surface area is 244 Å². The Morgan fingerprint density at radius 2 is 1.45 bits per heavy atom. The van der Waals surface area contributed by atoms with Crippen LogP contribution >= 0.6 is 0 Å². The number of rotatable bonds is 3. The number of fused-ring (bicyclic) bond motifs is 8. The van der Waals surface area contributed by atoms with E-state index < -0.39 is 0 Å². The van der Waals surface area contributed by atoms with Gasteiger partial charge >= 0.3 is 0 Å². The van der Waals surface area contributed by atoms with E-state index in [9.17, 15) is 0 Å². The van der Waals surface area contributed by atoms with Gasteiger partial charge in [-0.25, -0.2) is 0 Å². The van der Waals surface area contributed by atoms with Crippen LogP contribution in [0.25, 0.3) is 33.8 Å². The number of nitrogens with one attached hydrogen (secondary N) is 1. The van der Waals surface area contributed by atoms with Gasteiger partial charge in [-0.2, -0.15) is 0 Å². The largest absolute Gasteiger partial charge is 0.378 e. The smallest absolute Gasteiger partial charge is 0.0878 e. The fraction of sp³-hybridized carbons (Fsp3) is 0.0789. The zero-order valence-corrected chi connectivity index (χ0v) is 23.0. The Morgan fingerprint density at radius 1 is 0.714 bits per heavy atom. The molecule has 2 aliphatic heterocycles. The fourth-order valence-corrected chi connectivity index (χ4v) is 7.17. The monoisotopic (exact) mass is 540 g/mol. The van der Waals surface area contributed by atoms with Crippen molar-refractivity contribution in [2.75, 3.05) is 16.8 Å². The lowest BCUT2D eigenvalue weighted by Crippen LogP contribution is -2.31. The normalized spacial score (nSPS) is 17.9. The number of aromatic nitrogens is 1. The molecule has 0 bridgehead atoms. The van der Waals surface area contributed by atoms with Crippen LogP contribution in [0.3, 0.4) is 0 Å². The number of nitrogens with zero attached hydrogens (tertiary/aromatic N) is 3. The summed E-state index contributed by atoms with van der Waals surface area (Å²) in [7, 11) is 0. The molecule has 0 radical (unpaired) electrons. The quantitative estimate of drug-likeness (QED) is 0.243. The van der Waals surface area contributed by atoms with E-state index in [2.05, 4.69) is 148 Å². The molecule has 0 fully saturated rings. The third-order valence-electron chi connectivity index (χ3n) is 8.97. The zero-order chi connectivity index (χ0) is 27.6. The Balaban J connectivity index is 1.28. The molecule has 6 aromatic rings. The Morgan fingerprint density at radius 3 is 2.29 bits per heavy atom. The molecular weight excluding hydrogens is 512 g/mol. The van der Waals surface area contributed by atoms with Gasteiger partial charge in [-0.15, -0.1) is 0 Å². The molecule has 2 unspecified atom stereocenters. The van der Waals surface area contributed by atoms with Gasteiger partial charge in [-0.3, -0.25) is 4.99 Å². The Bertz CT molecular complexity index is 2040. The molecule has 4 heteroatoms. The summed E-state index contributed by atoms with van der Waals surface area (Å²) in [4.78, 5) is 7.30. The van der Waals surface area contributed by atoms with Gasteiger partial charge in [0.2, 0.25) is 0 Å². The minimum atomic E-state index is 0.134. The second kappa shape index (κ2) is 9.08. The molecule has 3 aliphatic rings. The lowest BCUT2D eigenvalue weighted by Gasteiger charge is -2.31. The minimum Gasteiger partial charge on any atom is -0.378 e. The number of aliphatic imine (C=N–C) groups is 1. The maximum atomic E-state index is 4.78. The number of anilines is 3. The summed E-state index contributed by atoms with van der Waals surface area (Å²) in [5.74, 6) is 0.152. The van der Waals surface area contributed by atoms with Crippen LogP contribution in [0.1, 0.15) is 22.7 Å². The molecule has 0 amide bonds. The van der Waals surface area contributed by atoms with Crippen LogP contribution in [0, 0.1) is 0 Å². The minimum absolute atomic E-state index is 0.134. The number of hydrogen-bond acceptors (Lipinski definition) is 3. The highest BCUT2D eigenvalue weighted by molar-refractivity contribution is 5.96. The van der Waals surface area contributed by atoms with E-state index in [4.69, 9.17) is 4.99 Å². The van der Waals surface area contributed by atoms with Crippen molar-refractivity contribution in [1.29, 1.82) is 0 Å². The van der Waals surface area contributed by atoms with Crippen LogP contribution in [0.2, 0.25) is 0 Å². The van der Waals surface area contributed by atoms with E-state index >= 15 is 0 Å². The Kier molecular flexibility index (Phi) is 5.05. The second-order valence-corrected chi connectivity index (χ2v) is 11.2. The standard InChI is InChI=1S/C38H28N4/c1-3-9-25(10-4-1)26-15-17-28(18-16-26)41-35-20-19-30-29-13-7-8-14-34(29)42(27-11-5-2-6-12-27)38(30)37(35)31-23-32-33(24-36(31)41)40-22-21-39-32/h1-20,22-24,35,37,39H,21H2. The highest BCUT2D eigenvalue weighted by Gasteiger charge is 2.44. The van der Waals surface area contributed by atoms with Crippen molar-refractivity contribution in [3.8, 4) is 16.8 Å². The van der Waals surface area contributed by atoms with Crippen LogP contribution in [0.5, 0.6) is 0 Å². The van der Waals surface area contributed by atoms with Crippen LogP contribution in [-0.4, -0.2) is 23.4 Å². The summed E-state index contributed by atoms with van der Waals surface area (Å²) in [6.45, 7) is 0.750. The summed E-state index contributed by atoms with van der Waals surface area (Å²) < 4.78 is 2.49. The summed E-state index contributed by atoms with van der Waals surface area (Å²) in [5, 5.41) is 4.86. The summed E-state index contributed by atoms with van der Waals surface area (Å²) in [6.07, 6.45) is 6.72. The van der Waals surface area contributed by atoms with Gasteiger partial charge in [0.1, 0.15) is 0 Å². The second-order valence-electron chi connectivity index (χ2n) is 11.2. The first-order chi connectivity index (χ1) is 20.8. The first-order valence-corrected chi connectivity index (χ1v) is 14.6. The highest BCUT2D eigenvalue weighted by Crippen LogP contribution is 2.55. The van der Waals surface area contributed by atoms with Crippen molar-refractivity contribution in [2.24, 2.45) is 4.99 Å². The molecule has 42 heavy (non-hydrogen) atoms. The van der Waals surface area contributed by atoms with Gasteiger partial charge < -0.3 is 14.8 Å². The predicted octanol–water partition coefficient (Wildman–Crippen LogP) is 9.10. The lowest BCUT2D eigenvalue weighted by molar-refractivity contribution is 0.693. The number of hydrogen-bond donors (Lipinski definition) is 1. The summed E-state index contributed by atoms with van der Waals surface area (Å²) in [5.41, 5.74) is 13.4. The maximum Gasteiger partial charge on any atom is 0.0878 e. The van der Waals surface area contributed by atoms with Crippen molar-refractivity contribution in [3.05, 3.63) is 144 Å². The van der Waals surface area contributed by atoms with Gasteiger partial charge in [0, 0.05) is 39.9 Å². The topological polar surface area (TPSA) is 32.6 Å². The zero-order valence-electron chi connectivity index (χ0n) is 23.0. The number of benzene rings is 5. The van der Waals surface area contributed by atoms with E-state index in [1.807, 2.05) is 6.21 Å². The molecule has 0 saturated carbocycles. The van der Waals surface area contributed by atoms with E-state index in [-0.39, 0.29) is 12.0 Å². The maximum absolute atomic E-state index is 4.78. The molecule has 9 rings (SSSR count). The molecule has 0 saturated heterocycles. The predicted molar refractivity (Wildman–Crippen MR) is 175 cm³/mol. The molecule has 5 aromatic carbocycles. The SMILES string of the molecule is C1=CC2C(c3cc4c(cc3N2c2ccc(-c3ccccc3)cc2)N=CCN4)c2c1c1ccccc1n2-c1ccccc1. The highest BCUT2D eigenvalue weighted by atomic mass is 15.2. The molecule has 3 heterocycles. The van der Waals surface area contributed by atoms with Crippen molar-refractivity contribution in [1.82, 2.24) is 4.57 Å². The van der Waals surface area contributed by atoms with Gasteiger partial charge in [-0.1, -0.05) is 91.0 Å². The van der Waals surface area contributed by atoms with Gasteiger partial charge in [-0.05, 0) is 59.2 Å². The average molecular weight is 541 g/mol. The van der Waals surface area contributed by atoms with Crippen molar-refractivity contribution >= 4 is 45.9 Å². The van der Waals surface area contributed by atoms with E-state index in [0.717, 1.165) is 17.9 Å². The fourth-order valence-electron chi connectivity index (χ4n) is 7.17. The van der Waals surface area contributed by atoms with Crippen LogP contribution < -0.4 is 10.2 Å². The molecule has 200 valence electrons. The van der Waals surface area contributed by atoms with Crippen molar-refractivity contribution < 1.29 is 0 Å². The third kappa shape index (κ3) is 3.39. The molecule has 0 spiro atoms. The van der Waals surface area contributed by atoms with Gasteiger partial charge in [0.25, 0.3) is 0 Å². The molecular formula is C38H28N4. The molecule has 1 aliphatic carbocycles. The van der Waals surface area contributed by atoms with Crippen LogP contribution in [0.4, 0.5) is 22.7 Å². The van der Waals surface area contributed by atoms with E-state index in [1.165, 1.54) is 55.9 Å². The molecule has 1 aromatic heterocycles. The van der Waals surface area contributed by atoms with Crippen LogP contribution in [0.15, 0.2) is 132 Å². The average Bonchev–Trinajstić information content (AvgIpc) is 3.57. The Hall–Kier alpha value is -5.35. The molecule has 1 N–H and O–H groups in total. The van der Waals surface area contributed by atoms with Crippen molar-refractivity contribution in [2.45, 2.75) is 12.0 Å². The molecule has 2 atom stereocenters. The van der Waals surface area contributed by atoms with Gasteiger partial charge in [0.15, 0.2) is 0 Å². The first kappa shape index (κ1) is 23.4. The number of para-hydroxylation sites is 2.